The number of nitriles is 1. The molecule has 0 fully saturated rings. The number of benzene rings is 3. The molecule has 1 aliphatic rings. The quantitative estimate of drug-likeness (QED) is 0.252. The van der Waals surface area contributed by atoms with Crippen molar-refractivity contribution in [2.24, 2.45) is 4.99 Å². The highest BCUT2D eigenvalue weighted by Gasteiger charge is 2.35. The van der Waals surface area contributed by atoms with Gasteiger partial charge < -0.3 is 18.9 Å². The monoisotopic (exact) mass is 595 g/mol. The second-order valence-corrected chi connectivity index (χ2v) is 10.3. The van der Waals surface area contributed by atoms with Crippen molar-refractivity contribution in [2.45, 2.75) is 19.9 Å². The number of hydrogen-bond acceptors (Lipinski definition) is 9. The summed E-state index contributed by atoms with van der Waals surface area (Å²) in [6.07, 6.45) is 1.74. The number of aromatic nitrogens is 1. The first-order chi connectivity index (χ1) is 21.0. The van der Waals surface area contributed by atoms with E-state index < -0.39 is 12.0 Å². The van der Waals surface area contributed by atoms with E-state index in [0.29, 0.717) is 50.0 Å². The van der Waals surface area contributed by atoms with Crippen molar-refractivity contribution in [3.05, 3.63) is 115 Å². The maximum Gasteiger partial charge on any atom is 0.338 e. The van der Waals surface area contributed by atoms with Gasteiger partial charge in [-0.1, -0.05) is 59.9 Å². The summed E-state index contributed by atoms with van der Waals surface area (Å²) in [6, 6.07) is 23.1. The molecule has 5 rings (SSSR count). The zero-order valence-corrected chi connectivity index (χ0v) is 24.7. The highest BCUT2D eigenvalue weighted by molar-refractivity contribution is 7.07. The van der Waals surface area contributed by atoms with Crippen molar-refractivity contribution in [1.82, 2.24) is 4.57 Å². The Morgan fingerprint density at radius 3 is 2.47 bits per heavy atom. The molecule has 2 heterocycles. The van der Waals surface area contributed by atoms with Crippen molar-refractivity contribution in [1.29, 1.82) is 5.26 Å². The molecule has 0 aliphatic carbocycles. The molecule has 0 spiro atoms. The summed E-state index contributed by atoms with van der Waals surface area (Å²) in [6.45, 7) is 4.21. The van der Waals surface area contributed by atoms with Crippen molar-refractivity contribution >= 4 is 29.1 Å². The van der Waals surface area contributed by atoms with Crippen molar-refractivity contribution < 1.29 is 23.7 Å². The van der Waals surface area contributed by atoms with Crippen LogP contribution in [-0.2, 0) is 9.53 Å². The largest absolute Gasteiger partial charge is 0.494 e. The van der Waals surface area contributed by atoms with Gasteiger partial charge in [0.15, 0.2) is 22.9 Å². The van der Waals surface area contributed by atoms with Gasteiger partial charge in [0.2, 0.25) is 0 Å². The smallest absolute Gasteiger partial charge is 0.338 e. The first-order valence-electron chi connectivity index (χ1n) is 13.7. The lowest BCUT2D eigenvalue weighted by Gasteiger charge is -2.26. The molecule has 0 radical (unpaired) electrons. The second-order valence-electron chi connectivity index (χ2n) is 9.29. The summed E-state index contributed by atoms with van der Waals surface area (Å²) in [5.41, 5.74) is 2.56. The van der Waals surface area contributed by atoms with Crippen LogP contribution < -0.4 is 29.1 Å². The Kier molecular flexibility index (Phi) is 9.03. The predicted molar refractivity (Wildman–Crippen MR) is 163 cm³/mol. The fourth-order valence-corrected chi connectivity index (χ4v) is 5.82. The van der Waals surface area contributed by atoms with E-state index in [1.165, 1.54) is 18.4 Å². The Bertz CT molecular complexity index is 1890. The van der Waals surface area contributed by atoms with Gasteiger partial charge in [-0.25, -0.2) is 9.79 Å². The van der Waals surface area contributed by atoms with Gasteiger partial charge in [-0.05, 0) is 55.3 Å². The molecule has 0 amide bonds. The minimum atomic E-state index is -0.792. The van der Waals surface area contributed by atoms with Gasteiger partial charge in [0.05, 0.1) is 42.2 Å². The second kappa shape index (κ2) is 13.2. The van der Waals surface area contributed by atoms with Crippen LogP contribution in [0.1, 0.15) is 36.6 Å². The number of nitrogens with zero attached hydrogens (tertiary/aromatic N) is 3. The summed E-state index contributed by atoms with van der Waals surface area (Å²) in [4.78, 5) is 33.0. The molecule has 1 atom stereocenters. The molecule has 0 bridgehead atoms. The van der Waals surface area contributed by atoms with Crippen LogP contribution in [0.25, 0.3) is 11.8 Å². The molecule has 1 aliphatic heterocycles. The average molecular weight is 596 g/mol. The molecule has 0 unspecified atom stereocenters. The van der Waals surface area contributed by atoms with Crippen LogP contribution in [0.4, 0.5) is 0 Å². The average Bonchev–Trinajstić information content (AvgIpc) is 3.34. The lowest BCUT2D eigenvalue weighted by Crippen LogP contribution is -2.40. The van der Waals surface area contributed by atoms with Crippen LogP contribution in [0, 0.1) is 11.3 Å². The lowest BCUT2D eigenvalue weighted by molar-refractivity contribution is -0.138. The molecular weight excluding hydrogens is 566 g/mol. The molecule has 4 aromatic rings. The molecule has 3 aromatic carbocycles. The van der Waals surface area contributed by atoms with Crippen molar-refractivity contribution in [3.8, 4) is 23.3 Å². The van der Waals surface area contributed by atoms with Gasteiger partial charge in [0.25, 0.3) is 5.56 Å². The van der Waals surface area contributed by atoms with E-state index in [0.717, 1.165) is 5.56 Å². The summed E-state index contributed by atoms with van der Waals surface area (Å²) in [5.74, 6) is 0.987. The number of esters is 1. The number of methoxy groups -OCH3 is 1. The van der Waals surface area contributed by atoms with Gasteiger partial charge in [-0.15, -0.1) is 0 Å². The molecule has 0 N–H and O–H groups in total. The molecule has 9 nitrogen and oxygen atoms in total. The fraction of sp³-hybridized carbons (Fsp3) is 0.212. The summed E-state index contributed by atoms with van der Waals surface area (Å²) in [7, 11) is 1.51. The standard InChI is InChI=1S/C33H29N3O6S/c1-4-40-24-14-12-23(13-15-24)30-28(32(38)41-5-2)29(22-9-7-6-8-10-22)35-33-36(30)31(37)27(43-33)20-21-11-16-25(42-18-17-34)26(19-21)39-3/h6-16,19-20,30H,4-5,18H2,1-3H3/b27-20-/t30-/m1/s1. The van der Waals surface area contributed by atoms with Gasteiger partial charge in [0.1, 0.15) is 11.8 Å². The Hall–Kier alpha value is -5.14. The highest BCUT2D eigenvalue weighted by Crippen LogP contribution is 2.36. The molecule has 10 heteroatoms. The SMILES string of the molecule is CCOC(=O)C1=C(c2ccccc2)N=c2s/c(=C\c3ccc(OCC#N)c(OC)c3)c(=O)n2[C@@H]1c1ccc(OCC)cc1. The van der Waals surface area contributed by atoms with Crippen LogP contribution >= 0.6 is 11.3 Å². The first kappa shape index (κ1) is 29.4. The first-order valence-corrected chi connectivity index (χ1v) is 14.5. The number of rotatable bonds is 10. The van der Waals surface area contributed by atoms with E-state index >= 15 is 0 Å². The molecular formula is C33H29N3O6S. The molecule has 218 valence electrons. The van der Waals surface area contributed by atoms with Crippen LogP contribution in [0.15, 0.2) is 88.2 Å². The zero-order chi connectivity index (χ0) is 30.3. The van der Waals surface area contributed by atoms with Gasteiger partial charge in [-0.3, -0.25) is 9.36 Å². The van der Waals surface area contributed by atoms with Crippen LogP contribution in [0.5, 0.6) is 17.2 Å². The zero-order valence-electron chi connectivity index (χ0n) is 23.9. The van der Waals surface area contributed by atoms with Crippen LogP contribution in [0.2, 0.25) is 0 Å². The van der Waals surface area contributed by atoms with Crippen LogP contribution in [-0.4, -0.2) is 37.5 Å². The summed E-state index contributed by atoms with van der Waals surface area (Å²) >= 11 is 1.23. The number of hydrogen-bond donors (Lipinski definition) is 0. The Labute approximate surface area is 252 Å². The third kappa shape index (κ3) is 6.08. The van der Waals surface area contributed by atoms with E-state index in [1.54, 1.807) is 35.8 Å². The number of ether oxygens (including phenoxy) is 4. The number of carbonyl (C=O) groups excluding carboxylic acids is 1. The van der Waals surface area contributed by atoms with Gasteiger partial charge in [0, 0.05) is 5.56 Å². The molecule has 0 saturated heterocycles. The number of fused-ring (bicyclic) bond motifs is 1. The maximum absolute atomic E-state index is 14.1. The van der Waals surface area contributed by atoms with Crippen molar-refractivity contribution in [2.75, 3.05) is 26.9 Å². The lowest BCUT2D eigenvalue weighted by atomic mass is 9.93. The Balaban J connectivity index is 1.74. The third-order valence-electron chi connectivity index (χ3n) is 6.66. The number of carbonyl (C=O) groups is 1. The van der Waals surface area contributed by atoms with E-state index in [9.17, 15) is 9.59 Å². The normalized spacial score (nSPS) is 14.4. The van der Waals surface area contributed by atoms with Crippen LogP contribution in [0.3, 0.4) is 0 Å². The molecule has 1 aromatic heterocycles. The van der Waals surface area contributed by atoms with E-state index in [4.69, 9.17) is 29.2 Å². The minimum Gasteiger partial charge on any atom is -0.494 e. The summed E-state index contributed by atoms with van der Waals surface area (Å²) < 4.78 is 24.0. The highest BCUT2D eigenvalue weighted by atomic mass is 32.1. The van der Waals surface area contributed by atoms with E-state index in [1.807, 2.05) is 67.6 Å². The predicted octanol–water partition coefficient (Wildman–Crippen LogP) is 4.25. The van der Waals surface area contributed by atoms with E-state index in [-0.39, 0.29) is 24.3 Å². The van der Waals surface area contributed by atoms with E-state index in [2.05, 4.69) is 0 Å². The fourth-order valence-electron chi connectivity index (χ4n) is 4.82. The molecule has 0 saturated carbocycles. The Morgan fingerprint density at radius 1 is 1.02 bits per heavy atom. The third-order valence-corrected chi connectivity index (χ3v) is 7.64. The van der Waals surface area contributed by atoms with Gasteiger partial charge >= 0.3 is 5.97 Å². The Morgan fingerprint density at radius 2 is 1.79 bits per heavy atom. The maximum atomic E-state index is 14.1. The molecule has 43 heavy (non-hydrogen) atoms. The van der Waals surface area contributed by atoms with Crippen molar-refractivity contribution in [3.63, 3.8) is 0 Å². The minimum absolute atomic E-state index is 0.119. The topological polar surface area (TPSA) is 112 Å². The summed E-state index contributed by atoms with van der Waals surface area (Å²) in [5, 5.41) is 8.86. The van der Waals surface area contributed by atoms with Gasteiger partial charge in [-0.2, -0.15) is 5.26 Å². The number of thiazole rings is 1.